The number of carbonyl (C=O) groups excluding carboxylic acids is 1. The van der Waals surface area contributed by atoms with Gasteiger partial charge in [-0.15, -0.1) is 6.42 Å². The molecule has 2 N–H and O–H groups in total. The molecule has 2 fully saturated rings. The lowest BCUT2D eigenvalue weighted by molar-refractivity contribution is -0.139. The van der Waals surface area contributed by atoms with E-state index in [0.717, 1.165) is 29.0 Å². The number of aliphatic carboxylic acids is 1. The Bertz CT molecular complexity index is 2060. The summed E-state index contributed by atoms with van der Waals surface area (Å²) in [7, 11) is 0. The molecular formula is C40H41F8N3O4. The van der Waals surface area contributed by atoms with Gasteiger partial charge in [0.2, 0.25) is 5.91 Å². The van der Waals surface area contributed by atoms with Crippen molar-refractivity contribution in [3.63, 3.8) is 0 Å². The van der Waals surface area contributed by atoms with Gasteiger partial charge in [0, 0.05) is 42.3 Å². The number of aromatic nitrogens is 1. The SMILES string of the molecule is C#Cc1cc(-c2c(C)cc(F)cc2C)c(F)c([C@H](CC(=O)O)NC(=O)[C@H](CC(C)C)n2cc(C3CCN(C[C@@H]4CC4(F)F)CC3)c(C(F)(F)F)cc2=O)c1F. The molecule has 1 aliphatic carbocycles. The highest BCUT2D eigenvalue weighted by atomic mass is 19.4. The van der Waals surface area contributed by atoms with Gasteiger partial charge in [-0.05, 0) is 98.5 Å². The maximum Gasteiger partial charge on any atom is 0.416 e. The molecule has 1 aliphatic heterocycles. The van der Waals surface area contributed by atoms with Crippen LogP contribution in [0.15, 0.2) is 35.3 Å². The third-order valence-corrected chi connectivity index (χ3v) is 10.4. The molecule has 1 amide bonds. The molecule has 1 saturated heterocycles. The standard InChI is InChI=1S/C40H41F8N3O4/c1-6-23-14-27(34-21(4)12-26(41)13-22(34)5)37(43)35(36(23)42)30(16-33(53)54)49-38(55)31(11-20(2)3)51-19-28(29(15-32(51)52)40(46,47)48)24-7-9-50(10-8-24)18-25-17-39(25,44)45/h1,12-15,19-20,24-25,30-31H,7-11,16-18H2,2-5H3,(H,49,55)(H,53,54)/t25-,30-,31-/m0/s1. The van der Waals surface area contributed by atoms with Crippen molar-refractivity contribution in [2.75, 3.05) is 19.6 Å². The third-order valence-electron chi connectivity index (χ3n) is 10.4. The number of rotatable bonds is 12. The normalized spacial score (nSPS) is 18.5. The summed E-state index contributed by atoms with van der Waals surface area (Å²) in [6.45, 7) is 6.85. The molecule has 5 rings (SSSR count). The first-order valence-corrected chi connectivity index (χ1v) is 17.8. The lowest BCUT2D eigenvalue weighted by Gasteiger charge is -2.34. The summed E-state index contributed by atoms with van der Waals surface area (Å²) in [5.41, 5.74) is -3.72. The van der Waals surface area contributed by atoms with E-state index in [1.54, 1.807) is 18.7 Å². The summed E-state index contributed by atoms with van der Waals surface area (Å²) in [4.78, 5) is 41.5. The van der Waals surface area contributed by atoms with Gasteiger partial charge < -0.3 is 19.9 Å². The Balaban J connectivity index is 1.56. The van der Waals surface area contributed by atoms with Gasteiger partial charge in [-0.2, -0.15) is 13.2 Å². The number of amides is 1. The van der Waals surface area contributed by atoms with Gasteiger partial charge in [-0.25, -0.2) is 22.0 Å². The predicted molar refractivity (Wildman–Crippen MR) is 188 cm³/mol. The first-order chi connectivity index (χ1) is 25.6. The van der Waals surface area contributed by atoms with Crippen molar-refractivity contribution < 1.29 is 49.8 Å². The number of nitrogens with one attached hydrogen (secondary N) is 1. The minimum absolute atomic E-state index is 0.107. The number of piperidine rings is 1. The van der Waals surface area contributed by atoms with E-state index in [4.69, 9.17) is 6.42 Å². The summed E-state index contributed by atoms with van der Waals surface area (Å²) in [5, 5.41) is 12.2. The Morgan fingerprint density at radius 3 is 2.15 bits per heavy atom. The van der Waals surface area contributed by atoms with E-state index < -0.39 is 94.0 Å². The molecule has 2 aromatic carbocycles. The van der Waals surface area contributed by atoms with Crippen LogP contribution in [0.2, 0.25) is 0 Å². The van der Waals surface area contributed by atoms with Gasteiger partial charge in [0.25, 0.3) is 11.5 Å². The van der Waals surface area contributed by atoms with Crippen LogP contribution in [0, 0.1) is 55.5 Å². The number of terminal acetylenes is 1. The molecular weight excluding hydrogens is 738 g/mol. The second-order valence-corrected chi connectivity index (χ2v) is 15.0. The van der Waals surface area contributed by atoms with Gasteiger partial charge in [0.05, 0.1) is 23.6 Å². The summed E-state index contributed by atoms with van der Waals surface area (Å²) in [6, 6.07) is 0.129. The largest absolute Gasteiger partial charge is 0.481 e. The number of likely N-dealkylation sites (tertiary alicyclic amines) is 1. The van der Waals surface area contributed by atoms with Gasteiger partial charge in [0.1, 0.15) is 23.5 Å². The van der Waals surface area contributed by atoms with Crippen LogP contribution in [-0.4, -0.2) is 52.0 Å². The van der Waals surface area contributed by atoms with Crippen molar-refractivity contribution in [2.45, 2.75) is 89.9 Å². The van der Waals surface area contributed by atoms with Crippen LogP contribution in [0.25, 0.3) is 11.1 Å². The predicted octanol–water partition coefficient (Wildman–Crippen LogP) is 8.30. The van der Waals surface area contributed by atoms with Crippen molar-refractivity contribution in [2.24, 2.45) is 11.8 Å². The van der Waals surface area contributed by atoms with Gasteiger partial charge >= 0.3 is 12.1 Å². The van der Waals surface area contributed by atoms with E-state index in [0.29, 0.717) is 6.07 Å². The molecule has 0 spiro atoms. The maximum atomic E-state index is 16.6. The average molecular weight is 780 g/mol. The number of alkyl halides is 5. The maximum absolute atomic E-state index is 16.6. The number of nitrogens with zero attached hydrogens (tertiary/aromatic N) is 2. The van der Waals surface area contributed by atoms with E-state index >= 15 is 8.78 Å². The van der Waals surface area contributed by atoms with Gasteiger partial charge in [0.15, 0.2) is 0 Å². The molecule has 1 saturated carbocycles. The molecule has 2 aliphatic rings. The second kappa shape index (κ2) is 15.8. The first kappa shape index (κ1) is 41.5. The van der Waals surface area contributed by atoms with Crippen molar-refractivity contribution >= 4 is 11.9 Å². The van der Waals surface area contributed by atoms with Crippen LogP contribution in [-0.2, 0) is 15.8 Å². The molecule has 15 heteroatoms. The number of benzene rings is 2. The van der Waals surface area contributed by atoms with Crippen LogP contribution < -0.4 is 10.9 Å². The molecule has 3 aromatic rings. The number of aryl methyl sites for hydroxylation is 2. The van der Waals surface area contributed by atoms with Crippen LogP contribution in [0.5, 0.6) is 0 Å². The number of halogens is 8. The number of carbonyl (C=O) groups is 2. The Kier molecular flexibility index (Phi) is 11.9. The van der Waals surface area contributed by atoms with Crippen molar-refractivity contribution in [1.29, 1.82) is 0 Å². The lowest BCUT2D eigenvalue weighted by Crippen LogP contribution is -2.41. The highest BCUT2D eigenvalue weighted by molar-refractivity contribution is 5.82. The third kappa shape index (κ3) is 9.06. The molecule has 2 heterocycles. The number of carboxylic acids is 1. The summed E-state index contributed by atoms with van der Waals surface area (Å²) in [6.07, 6.45) is 0.387. The fraction of sp³-hybridized carbons (Fsp3) is 0.475. The number of hydrogen-bond donors (Lipinski definition) is 2. The monoisotopic (exact) mass is 779 g/mol. The zero-order valence-electron chi connectivity index (χ0n) is 30.6. The van der Waals surface area contributed by atoms with E-state index in [9.17, 15) is 45.8 Å². The fourth-order valence-electron chi connectivity index (χ4n) is 7.63. The smallest absolute Gasteiger partial charge is 0.416 e. The van der Waals surface area contributed by atoms with Crippen LogP contribution in [0.1, 0.15) is 97.3 Å². The average Bonchev–Trinajstić information content (AvgIpc) is 3.68. The van der Waals surface area contributed by atoms with Crippen molar-refractivity contribution in [1.82, 2.24) is 14.8 Å². The molecule has 1 aromatic heterocycles. The molecule has 296 valence electrons. The van der Waals surface area contributed by atoms with Crippen LogP contribution >= 0.6 is 0 Å². The Hall–Kier alpha value is -4.71. The quantitative estimate of drug-likeness (QED) is 0.143. The molecule has 55 heavy (non-hydrogen) atoms. The second-order valence-electron chi connectivity index (χ2n) is 15.0. The zero-order chi connectivity index (χ0) is 40.7. The van der Waals surface area contributed by atoms with Gasteiger partial charge in [-0.3, -0.25) is 14.4 Å². The fourth-order valence-corrected chi connectivity index (χ4v) is 7.63. The first-order valence-electron chi connectivity index (χ1n) is 17.8. The highest BCUT2D eigenvalue weighted by Crippen LogP contribution is 2.49. The van der Waals surface area contributed by atoms with Crippen LogP contribution in [0.3, 0.4) is 0 Å². The summed E-state index contributed by atoms with van der Waals surface area (Å²) >= 11 is 0. The Labute approximate surface area is 312 Å². The zero-order valence-corrected chi connectivity index (χ0v) is 30.6. The van der Waals surface area contributed by atoms with E-state index in [2.05, 4.69) is 11.2 Å². The summed E-state index contributed by atoms with van der Waals surface area (Å²) in [5.74, 6) is -8.55. The number of carboxylic acid groups (broad SMARTS) is 1. The van der Waals surface area contributed by atoms with Crippen molar-refractivity contribution in [3.8, 4) is 23.5 Å². The molecule has 0 bridgehead atoms. The van der Waals surface area contributed by atoms with E-state index in [1.807, 2.05) is 0 Å². The Morgan fingerprint density at radius 1 is 1.04 bits per heavy atom. The molecule has 3 atom stereocenters. The van der Waals surface area contributed by atoms with E-state index in [-0.39, 0.29) is 79.1 Å². The minimum Gasteiger partial charge on any atom is -0.481 e. The van der Waals surface area contributed by atoms with E-state index in [1.165, 1.54) is 13.8 Å². The minimum atomic E-state index is -4.96. The van der Waals surface area contributed by atoms with Crippen LogP contribution in [0.4, 0.5) is 35.1 Å². The lowest BCUT2D eigenvalue weighted by atomic mass is 9.87. The molecule has 0 radical (unpaired) electrons. The Morgan fingerprint density at radius 2 is 1.64 bits per heavy atom. The summed E-state index contributed by atoms with van der Waals surface area (Å²) < 4.78 is 118. The van der Waals surface area contributed by atoms with Crippen molar-refractivity contribution in [3.05, 3.63) is 91.6 Å². The number of hydrogen-bond acceptors (Lipinski definition) is 4. The number of pyridine rings is 1. The topological polar surface area (TPSA) is 91.6 Å². The van der Waals surface area contributed by atoms with Gasteiger partial charge in [-0.1, -0.05) is 19.8 Å². The molecule has 7 nitrogen and oxygen atoms in total. The molecule has 0 unspecified atom stereocenters. The highest BCUT2D eigenvalue weighted by Gasteiger charge is 2.57.